The normalized spacial score (nSPS) is 15.6. The highest BCUT2D eigenvalue weighted by Crippen LogP contribution is 2.24. The van der Waals surface area contributed by atoms with E-state index in [1.807, 2.05) is 18.2 Å². The van der Waals surface area contributed by atoms with Crippen molar-refractivity contribution < 1.29 is 4.79 Å². The molecule has 1 N–H and O–H groups in total. The van der Waals surface area contributed by atoms with E-state index in [-0.39, 0.29) is 5.91 Å². The molecular weight excluding hydrogens is 252 g/mol. The van der Waals surface area contributed by atoms with Crippen LogP contribution >= 0.6 is 0 Å². The Kier molecular flexibility index (Phi) is 3.22. The number of fused-ring (bicyclic) bond motifs is 3. The number of carbonyl (C=O) groups is 1. The molecule has 2 aromatic rings. The first-order valence-electron chi connectivity index (χ1n) is 7.05. The molecule has 106 valence electrons. The third-order valence-corrected chi connectivity index (χ3v) is 3.83. The van der Waals surface area contributed by atoms with E-state index in [9.17, 15) is 4.79 Å². The number of rotatable bonds is 2. The molecule has 1 amide bonds. The van der Waals surface area contributed by atoms with Gasteiger partial charge in [-0.05, 0) is 32.0 Å². The third kappa shape index (κ3) is 2.29. The molecular formula is C15H20N4O. The van der Waals surface area contributed by atoms with Gasteiger partial charge in [-0.2, -0.15) is 0 Å². The maximum Gasteiger partial charge on any atom is 0.221 e. The van der Waals surface area contributed by atoms with E-state index in [2.05, 4.69) is 28.6 Å². The molecule has 2 heterocycles. The first-order chi connectivity index (χ1) is 9.54. The Morgan fingerprint density at radius 2 is 2.15 bits per heavy atom. The lowest BCUT2D eigenvalue weighted by Crippen LogP contribution is -2.38. The van der Waals surface area contributed by atoms with E-state index in [0.717, 1.165) is 42.2 Å². The molecule has 1 aliphatic rings. The van der Waals surface area contributed by atoms with Crippen molar-refractivity contribution in [1.29, 1.82) is 0 Å². The molecule has 5 nitrogen and oxygen atoms in total. The van der Waals surface area contributed by atoms with E-state index in [0.29, 0.717) is 6.04 Å². The van der Waals surface area contributed by atoms with E-state index in [4.69, 9.17) is 4.98 Å². The summed E-state index contributed by atoms with van der Waals surface area (Å²) in [6.07, 6.45) is 0. The second-order valence-corrected chi connectivity index (χ2v) is 5.63. The van der Waals surface area contributed by atoms with Crippen molar-refractivity contribution in [2.45, 2.75) is 39.9 Å². The molecule has 20 heavy (non-hydrogen) atoms. The van der Waals surface area contributed by atoms with Crippen molar-refractivity contribution in [3.63, 3.8) is 0 Å². The van der Waals surface area contributed by atoms with Crippen molar-refractivity contribution in [3.8, 4) is 0 Å². The van der Waals surface area contributed by atoms with Crippen LogP contribution in [-0.4, -0.2) is 32.9 Å². The number of benzene rings is 1. The molecule has 5 heteroatoms. The van der Waals surface area contributed by atoms with Crippen LogP contribution in [0.5, 0.6) is 0 Å². The number of nitrogens with zero attached hydrogens (tertiary/aromatic N) is 3. The fraction of sp³-hybridized carbons (Fsp3) is 0.467. The molecule has 3 rings (SSSR count). The summed E-state index contributed by atoms with van der Waals surface area (Å²) >= 11 is 0. The second kappa shape index (κ2) is 4.90. The number of nitrogens with one attached hydrogen (secondary N) is 1. The van der Waals surface area contributed by atoms with Crippen molar-refractivity contribution in [2.75, 3.05) is 11.9 Å². The lowest BCUT2D eigenvalue weighted by atomic mass is 10.2. The van der Waals surface area contributed by atoms with E-state index in [1.165, 1.54) is 6.92 Å². The summed E-state index contributed by atoms with van der Waals surface area (Å²) in [4.78, 5) is 18.3. The Labute approximate surface area is 118 Å². The summed E-state index contributed by atoms with van der Waals surface area (Å²) in [6.45, 7) is 8.87. The molecule has 0 radical (unpaired) electrons. The van der Waals surface area contributed by atoms with Crippen LogP contribution in [0.4, 0.5) is 5.69 Å². The minimum atomic E-state index is -0.0562. The third-order valence-electron chi connectivity index (χ3n) is 3.83. The summed E-state index contributed by atoms with van der Waals surface area (Å²) in [6, 6.07) is 6.47. The van der Waals surface area contributed by atoms with Crippen LogP contribution in [0.3, 0.4) is 0 Å². The Morgan fingerprint density at radius 1 is 1.35 bits per heavy atom. The van der Waals surface area contributed by atoms with E-state index in [1.54, 1.807) is 0 Å². The number of anilines is 1. The number of aromatic nitrogens is 2. The number of hydrogen-bond donors (Lipinski definition) is 1. The van der Waals surface area contributed by atoms with Gasteiger partial charge in [0.05, 0.1) is 17.6 Å². The summed E-state index contributed by atoms with van der Waals surface area (Å²) in [5, 5.41) is 2.81. The van der Waals surface area contributed by atoms with Crippen LogP contribution < -0.4 is 5.32 Å². The van der Waals surface area contributed by atoms with Gasteiger partial charge in [-0.15, -0.1) is 0 Å². The van der Waals surface area contributed by atoms with Gasteiger partial charge in [-0.1, -0.05) is 0 Å². The lowest BCUT2D eigenvalue weighted by Gasteiger charge is -2.30. The predicted molar refractivity (Wildman–Crippen MR) is 79.6 cm³/mol. The highest BCUT2D eigenvalue weighted by atomic mass is 16.1. The highest BCUT2D eigenvalue weighted by Gasteiger charge is 2.21. The standard InChI is InChI=1S/C15H20N4O/c1-10(2)18-6-7-19-14-5-4-12(16-11(3)20)8-13(14)17-15(19)9-18/h4-5,8,10H,6-7,9H2,1-3H3,(H,16,20). The average molecular weight is 272 g/mol. The lowest BCUT2D eigenvalue weighted by molar-refractivity contribution is -0.114. The van der Waals surface area contributed by atoms with Gasteiger partial charge in [0, 0.05) is 31.7 Å². The molecule has 0 spiro atoms. The van der Waals surface area contributed by atoms with Gasteiger partial charge in [0.1, 0.15) is 5.82 Å². The van der Waals surface area contributed by atoms with Gasteiger partial charge in [0.2, 0.25) is 5.91 Å². The summed E-state index contributed by atoms with van der Waals surface area (Å²) in [5.41, 5.74) is 2.91. The molecule has 0 saturated heterocycles. The largest absolute Gasteiger partial charge is 0.326 e. The molecule has 0 unspecified atom stereocenters. The SMILES string of the molecule is CC(=O)Nc1ccc2c(c1)nc1n2CCN(C(C)C)C1. The molecule has 1 aromatic heterocycles. The highest BCUT2D eigenvalue weighted by molar-refractivity contribution is 5.91. The van der Waals surface area contributed by atoms with Crippen LogP contribution in [0.25, 0.3) is 11.0 Å². The molecule has 0 fully saturated rings. The zero-order valence-electron chi connectivity index (χ0n) is 12.2. The van der Waals surface area contributed by atoms with Gasteiger partial charge in [-0.3, -0.25) is 9.69 Å². The number of amides is 1. The Morgan fingerprint density at radius 3 is 2.85 bits per heavy atom. The van der Waals surface area contributed by atoms with E-state index < -0.39 is 0 Å². The van der Waals surface area contributed by atoms with Gasteiger partial charge in [0.15, 0.2) is 0 Å². The fourth-order valence-electron chi connectivity index (χ4n) is 2.76. The summed E-state index contributed by atoms with van der Waals surface area (Å²) in [7, 11) is 0. The maximum atomic E-state index is 11.1. The van der Waals surface area contributed by atoms with Crippen LogP contribution in [0.1, 0.15) is 26.6 Å². The quantitative estimate of drug-likeness (QED) is 0.912. The molecule has 1 aliphatic heterocycles. The van der Waals surface area contributed by atoms with Gasteiger partial charge in [-0.25, -0.2) is 4.98 Å². The van der Waals surface area contributed by atoms with Crippen molar-refractivity contribution >= 4 is 22.6 Å². The minimum absolute atomic E-state index is 0.0562. The van der Waals surface area contributed by atoms with Gasteiger partial charge >= 0.3 is 0 Å². The van der Waals surface area contributed by atoms with Gasteiger partial charge in [0.25, 0.3) is 0 Å². The molecule has 0 bridgehead atoms. The first-order valence-corrected chi connectivity index (χ1v) is 7.05. The Balaban J connectivity index is 1.97. The zero-order chi connectivity index (χ0) is 14.3. The maximum absolute atomic E-state index is 11.1. The summed E-state index contributed by atoms with van der Waals surface area (Å²) in [5.74, 6) is 1.05. The van der Waals surface area contributed by atoms with Crippen molar-refractivity contribution in [2.24, 2.45) is 0 Å². The molecule has 0 aliphatic carbocycles. The predicted octanol–water partition coefficient (Wildman–Crippen LogP) is 2.22. The van der Waals surface area contributed by atoms with Crippen LogP contribution in [-0.2, 0) is 17.9 Å². The minimum Gasteiger partial charge on any atom is -0.326 e. The molecule has 0 saturated carbocycles. The molecule has 1 aromatic carbocycles. The van der Waals surface area contributed by atoms with Crippen LogP contribution in [0.15, 0.2) is 18.2 Å². The topological polar surface area (TPSA) is 50.2 Å². The van der Waals surface area contributed by atoms with Crippen molar-refractivity contribution in [1.82, 2.24) is 14.5 Å². The number of carbonyl (C=O) groups excluding carboxylic acids is 1. The van der Waals surface area contributed by atoms with E-state index >= 15 is 0 Å². The second-order valence-electron chi connectivity index (χ2n) is 5.63. The summed E-state index contributed by atoms with van der Waals surface area (Å²) < 4.78 is 2.28. The smallest absolute Gasteiger partial charge is 0.221 e. The average Bonchev–Trinajstić information content (AvgIpc) is 2.74. The van der Waals surface area contributed by atoms with Crippen LogP contribution in [0.2, 0.25) is 0 Å². The zero-order valence-corrected chi connectivity index (χ0v) is 12.2. The molecule has 0 atom stereocenters. The van der Waals surface area contributed by atoms with Crippen molar-refractivity contribution in [3.05, 3.63) is 24.0 Å². The Bertz CT molecular complexity index is 659. The first kappa shape index (κ1) is 13.1. The van der Waals surface area contributed by atoms with Gasteiger partial charge < -0.3 is 9.88 Å². The monoisotopic (exact) mass is 272 g/mol. The number of imidazole rings is 1. The Hall–Kier alpha value is -1.88. The fourth-order valence-corrected chi connectivity index (χ4v) is 2.76. The van der Waals surface area contributed by atoms with Crippen LogP contribution in [0, 0.1) is 0 Å². The number of hydrogen-bond acceptors (Lipinski definition) is 3.